The minimum absolute atomic E-state index is 0. The number of rotatable bonds is 4. The maximum absolute atomic E-state index is 13.5. The van der Waals surface area contributed by atoms with Gasteiger partial charge in [-0.05, 0) is 24.1 Å². The molecule has 6 heterocycles. The Balaban J connectivity index is 0.00000241. The van der Waals surface area contributed by atoms with Crippen LogP contribution in [0.4, 0.5) is 5.82 Å². The van der Waals surface area contributed by atoms with E-state index in [1.54, 1.807) is 35.4 Å². The molecule has 1 aliphatic rings. The van der Waals surface area contributed by atoms with Crippen LogP contribution in [0.1, 0.15) is 29.4 Å². The van der Waals surface area contributed by atoms with Crippen LogP contribution in [-0.2, 0) is 6.54 Å². The number of hydrogen-bond acceptors (Lipinski definition) is 7. The van der Waals surface area contributed by atoms with E-state index in [9.17, 15) is 10.1 Å². The topological polar surface area (TPSA) is 121 Å². The zero-order chi connectivity index (χ0) is 22.5. The molecule has 1 atom stereocenters. The third-order valence-electron chi connectivity index (χ3n) is 5.98. The monoisotopic (exact) mass is 491 g/mol. The van der Waals surface area contributed by atoms with E-state index in [1.165, 1.54) is 10.8 Å². The summed E-state index contributed by atoms with van der Waals surface area (Å²) in [5.74, 6) is 1.23. The van der Waals surface area contributed by atoms with Gasteiger partial charge in [0.15, 0.2) is 5.82 Å². The van der Waals surface area contributed by atoms with E-state index in [0.29, 0.717) is 51.9 Å². The van der Waals surface area contributed by atoms with Crippen LogP contribution in [0.5, 0.6) is 0 Å². The minimum Gasteiger partial charge on any atom is -0.345 e. The van der Waals surface area contributed by atoms with E-state index in [1.807, 2.05) is 12.1 Å². The molecule has 10 nitrogen and oxygen atoms in total. The van der Waals surface area contributed by atoms with Crippen molar-refractivity contribution in [2.24, 2.45) is 0 Å². The fraction of sp³-hybridized carbons (Fsp3) is 0.182. The van der Waals surface area contributed by atoms with Crippen molar-refractivity contribution in [3.63, 3.8) is 0 Å². The first-order valence-corrected chi connectivity index (χ1v) is 10.7. The van der Waals surface area contributed by atoms with E-state index < -0.39 is 0 Å². The zero-order valence-electron chi connectivity index (χ0n) is 17.7. The molecule has 1 saturated heterocycles. The number of nitrogens with one attached hydrogen (secondary N) is 1. The van der Waals surface area contributed by atoms with E-state index in [2.05, 4.69) is 30.9 Å². The number of nitrogens with zero attached hydrogens (tertiary/aromatic N) is 8. The predicted molar refractivity (Wildman–Crippen MR) is 131 cm³/mol. The molecule has 5 aromatic rings. The number of halogens is 1. The lowest BCUT2D eigenvalue weighted by atomic mass is 10.0. The van der Waals surface area contributed by atoms with Crippen molar-refractivity contribution in [2.75, 3.05) is 11.4 Å². The van der Waals surface area contributed by atoms with E-state index >= 15 is 0 Å². The van der Waals surface area contributed by atoms with Gasteiger partial charge in [-0.3, -0.25) is 14.3 Å². The van der Waals surface area contributed by atoms with Gasteiger partial charge < -0.3 is 9.88 Å². The molecule has 0 aliphatic carbocycles. The molecule has 1 aliphatic heterocycles. The van der Waals surface area contributed by atoms with Gasteiger partial charge in [0.25, 0.3) is 5.56 Å². The van der Waals surface area contributed by atoms with Gasteiger partial charge in [-0.15, -0.1) is 0 Å². The lowest BCUT2D eigenvalue weighted by Crippen LogP contribution is -2.45. The second-order valence-electron chi connectivity index (χ2n) is 7.80. The van der Waals surface area contributed by atoms with Crippen molar-refractivity contribution >= 4 is 47.5 Å². The Morgan fingerprint density at radius 2 is 2.18 bits per heavy atom. The molecule has 0 spiro atoms. The zero-order valence-corrected chi connectivity index (χ0v) is 19.4. The normalized spacial score (nSPS) is 15.2. The average molecular weight is 492 g/mol. The van der Waals surface area contributed by atoms with E-state index in [-0.39, 0.29) is 25.1 Å². The largest absolute Gasteiger partial charge is 0.345 e. The van der Waals surface area contributed by atoms with Crippen LogP contribution in [0.25, 0.3) is 16.6 Å². The van der Waals surface area contributed by atoms with Gasteiger partial charge in [0.05, 0.1) is 28.6 Å². The molecule has 0 aromatic carbocycles. The summed E-state index contributed by atoms with van der Waals surface area (Å²) < 4.78 is 3.18. The van der Waals surface area contributed by atoms with Gasteiger partial charge in [-0.1, -0.05) is 17.7 Å². The van der Waals surface area contributed by atoms with Crippen LogP contribution >= 0.6 is 25.1 Å². The first-order valence-electron chi connectivity index (χ1n) is 10.3. The number of H-pyrrole nitrogens is 1. The van der Waals surface area contributed by atoms with Crippen molar-refractivity contribution < 1.29 is 0 Å². The average Bonchev–Trinajstić information content (AvgIpc) is 3.40. The SMILES string of the molecule is N#Cc1c[nH]c2ncnc(N3CC[C@H]3c3nn4ccc(Cl)c4c(=O)n3Cc3cccnc3)c12.S. The van der Waals surface area contributed by atoms with Gasteiger partial charge >= 0.3 is 0 Å². The number of aromatic amines is 1. The summed E-state index contributed by atoms with van der Waals surface area (Å²) in [5.41, 5.74) is 2.05. The van der Waals surface area contributed by atoms with Crippen LogP contribution in [0.2, 0.25) is 5.02 Å². The summed E-state index contributed by atoms with van der Waals surface area (Å²) in [6.07, 6.45) is 8.97. The summed E-state index contributed by atoms with van der Waals surface area (Å²) in [4.78, 5) is 31.5. The van der Waals surface area contributed by atoms with Crippen LogP contribution < -0.4 is 10.5 Å². The second kappa shape index (κ2) is 8.48. The standard InChI is InChI=1S/C22H16ClN9O.H2S/c23-15-3-7-32-18(15)22(33)31(11-13-2-1-5-25-9-13)20(29-32)16-4-6-30(16)21-17-14(8-24)10-26-19(17)27-12-28-21;/h1-3,5,7,9-10,12,16H,4,6,11H2,(H,26,27,28);1H2/t16-;/m0./s1. The smallest absolute Gasteiger partial charge is 0.279 e. The van der Waals surface area contributed by atoms with Crippen molar-refractivity contribution in [3.05, 3.63) is 81.6 Å². The van der Waals surface area contributed by atoms with E-state index in [4.69, 9.17) is 16.7 Å². The highest BCUT2D eigenvalue weighted by atomic mass is 35.5. The molecule has 6 rings (SSSR count). The Labute approximate surface area is 204 Å². The first kappa shape index (κ1) is 21.9. The fourth-order valence-corrected chi connectivity index (χ4v) is 4.54. The lowest BCUT2D eigenvalue weighted by Gasteiger charge is -2.42. The summed E-state index contributed by atoms with van der Waals surface area (Å²) >= 11 is 6.30. The molecule has 34 heavy (non-hydrogen) atoms. The molecule has 170 valence electrons. The van der Waals surface area contributed by atoms with Crippen molar-refractivity contribution in [2.45, 2.75) is 19.0 Å². The van der Waals surface area contributed by atoms with Crippen LogP contribution in [0, 0.1) is 11.3 Å². The summed E-state index contributed by atoms with van der Waals surface area (Å²) in [7, 11) is 0. The highest BCUT2D eigenvalue weighted by molar-refractivity contribution is 7.59. The van der Waals surface area contributed by atoms with Crippen LogP contribution in [0.15, 0.2) is 54.1 Å². The molecule has 12 heteroatoms. The maximum Gasteiger partial charge on any atom is 0.279 e. The Morgan fingerprint density at radius 1 is 1.29 bits per heavy atom. The number of aromatic nitrogens is 7. The quantitative estimate of drug-likeness (QED) is 0.410. The minimum atomic E-state index is -0.224. The summed E-state index contributed by atoms with van der Waals surface area (Å²) in [6.45, 7) is 1.02. The number of nitriles is 1. The molecule has 1 N–H and O–H groups in total. The van der Waals surface area contributed by atoms with Crippen LogP contribution in [0.3, 0.4) is 0 Å². The highest BCUT2D eigenvalue weighted by Crippen LogP contribution is 2.39. The Morgan fingerprint density at radius 3 is 2.91 bits per heavy atom. The molecule has 0 bridgehead atoms. The third kappa shape index (κ3) is 3.30. The summed E-state index contributed by atoms with van der Waals surface area (Å²) in [5, 5.41) is 15.3. The van der Waals surface area contributed by atoms with E-state index in [0.717, 1.165) is 12.0 Å². The van der Waals surface area contributed by atoms with Gasteiger partial charge in [-0.25, -0.2) is 14.5 Å². The van der Waals surface area contributed by atoms with Gasteiger partial charge in [0.2, 0.25) is 0 Å². The van der Waals surface area contributed by atoms with Gasteiger partial charge in [0, 0.05) is 31.3 Å². The van der Waals surface area contributed by atoms with Crippen molar-refractivity contribution in [1.29, 1.82) is 5.26 Å². The molecule has 0 saturated carbocycles. The highest BCUT2D eigenvalue weighted by Gasteiger charge is 2.36. The van der Waals surface area contributed by atoms with Crippen LogP contribution in [-0.4, -0.2) is 40.7 Å². The fourth-order valence-electron chi connectivity index (χ4n) is 4.31. The first-order chi connectivity index (χ1) is 16.2. The molecular weight excluding hydrogens is 474 g/mol. The van der Waals surface area contributed by atoms with Crippen molar-refractivity contribution in [1.82, 2.24) is 34.1 Å². The lowest BCUT2D eigenvalue weighted by molar-refractivity contribution is 0.411. The van der Waals surface area contributed by atoms with Gasteiger partial charge in [-0.2, -0.15) is 23.9 Å². The Kier molecular flexibility index (Phi) is 5.47. The molecule has 0 unspecified atom stereocenters. The number of anilines is 1. The number of fused-ring (bicyclic) bond motifs is 2. The summed E-state index contributed by atoms with van der Waals surface area (Å²) in [6, 6.07) is 7.39. The number of hydrogen-bond donors (Lipinski definition) is 1. The Bertz CT molecular complexity index is 1620. The third-order valence-corrected chi connectivity index (χ3v) is 6.28. The molecule has 1 fully saturated rings. The predicted octanol–water partition coefficient (Wildman–Crippen LogP) is 2.80. The molecular formula is C22H18ClN9OS. The van der Waals surface area contributed by atoms with Crippen molar-refractivity contribution in [3.8, 4) is 6.07 Å². The molecule has 0 radical (unpaired) electrons. The maximum atomic E-state index is 13.5. The second-order valence-corrected chi connectivity index (χ2v) is 8.21. The molecule has 5 aromatic heterocycles. The van der Waals surface area contributed by atoms with Gasteiger partial charge in [0.1, 0.15) is 29.4 Å². The Hall–Kier alpha value is -3.88. The number of pyridine rings is 1. The molecule has 0 amide bonds.